The quantitative estimate of drug-likeness (QED) is 0.860. The summed E-state index contributed by atoms with van der Waals surface area (Å²) in [7, 11) is 0. The Labute approximate surface area is 118 Å². The smallest absolute Gasteiger partial charge is 0.369 e. The average molecular weight is 305 g/mol. The molecule has 4 nitrogen and oxygen atoms in total. The number of imidazole rings is 1. The van der Waals surface area contributed by atoms with Crippen LogP contribution in [0, 0.1) is 0 Å². The van der Waals surface area contributed by atoms with Crippen LogP contribution in [0.3, 0.4) is 0 Å². The lowest BCUT2D eigenvalue weighted by molar-refractivity contribution is -0.137. The number of halogens is 4. The molecule has 20 heavy (non-hydrogen) atoms. The van der Waals surface area contributed by atoms with Crippen LogP contribution in [0.5, 0.6) is 0 Å². The standard InChI is InChI=1S/C12H12ClF3N4/c13-10-6-9(12(14,15)16)7-19-11(10)18-2-1-4-20-5-3-17-8-20/h3,5-8H,1-2,4H2,(H,18,19). The fourth-order valence-electron chi connectivity index (χ4n) is 1.61. The molecule has 2 aromatic heterocycles. The number of nitrogens with zero attached hydrogens (tertiary/aromatic N) is 3. The Bertz CT molecular complexity index is 554. The van der Waals surface area contributed by atoms with Gasteiger partial charge in [-0.2, -0.15) is 13.2 Å². The molecule has 0 amide bonds. The highest BCUT2D eigenvalue weighted by molar-refractivity contribution is 6.32. The summed E-state index contributed by atoms with van der Waals surface area (Å²) in [4.78, 5) is 7.61. The number of nitrogens with one attached hydrogen (secondary N) is 1. The zero-order valence-corrected chi connectivity index (χ0v) is 11.1. The number of alkyl halides is 3. The molecule has 0 saturated heterocycles. The van der Waals surface area contributed by atoms with Gasteiger partial charge in [0.2, 0.25) is 0 Å². The third-order valence-electron chi connectivity index (χ3n) is 2.61. The van der Waals surface area contributed by atoms with Crippen molar-refractivity contribution < 1.29 is 13.2 Å². The first-order valence-electron chi connectivity index (χ1n) is 5.89. The van der Waals surface area contributed by atoms with E-state index in [0.29, 0.717) is 6.54 Å². The summed E-state index contributed by atoms with van der Waals surface area (Å²) in [6, 6.07) is 0.868. The predicted octanol–water partition coefficient (Wildman–Crippen LogP) is 3.45. The van der Waals surface area contributed by atoms with Crippen LogP contribution in [0.25, 0.3) is 0 Å². The van der Waals surface area contributed by atoms with Gasteiger partial charge >= 0.3 is 6.18 Å². The third kappa shape index (κ3) is 3.86. The normalized spacial score (nSPS) is 11.6. The molecule has 0 aromatic carbocycles. The molecule has 2 aromatic rings. The number of anilines is 1. The average Bonchev–Trinajstić information content (AvgIpc) is 2.88. The molecule has 108 valence electrons. The minimum Gasteiger partial charge on any atom is -0.369 e. The van der Waals surface area contributed by atoms with Crippen LogP contribution < -0.4 is 5.32 Å². The summed E-state index contributed by atoms with van der Waals surface area (Å²) in [5.74, 6) is 0.255. The van der Waals surface area contributed by atoms with E-state index >= 15 is 0 Å². The Morgan fingerprint density at radius 2 is 2.15 bits per heavy atom. The van der Waals surface area contributed by atoms with Crippen molar-refractivity contribution in [1.29, 1.82) is 0 Å². The molecule has 0 fully saturated rings. The van der Waals surface area contributed by atoms with Crippen molar-refractivity contribution in [3.8, 4) is 0 Å². The predicted molar refractivity (Wildman–Crippen MR) is 69.6 cm³/mol. The molecule has 0 saturated carbocycles. The third-order valence-corrected chi connectivity index (χ3v) is 2.90. The lowest BCUT2D eigenvalue weighted by atomic mass is 10.2. The second kappa shape index (κ2) is 6.13. The summed E-state index contributed by atoms with van der Waals surface area (Å²) in [6.07, 6.45) is 2.32. The molecule has 0 spiro atoms. The van der Waals surface area contributed by atoms with Gasteiger partial charge in [0.05, 0.1) is 16.9 Å². The van der Waals surface area contributed by atoms with Gasteiger partial charge in [-0.05, 0) is 12.5 Å². The van der Waals surface area contributed by atoms with E-state index < -0.39 is 11.7 Å². The maximum atomic E-state index is 12.4. The molecule has 0 unspecified atom stereocenters. The van der Waals surface area contributed by atoms with Crippen LogP contribution in [0.2, 0.25) is 5.02 Å². The van der Waals surface area contributed by atoms with E-state index in [1.54, 1.807) is 12.5 Å². The largest absolute Gasteiger partial charge is 0.417 e. The topological polar surface area (TPSA) is 42.7 Å². The van der Waals surface area contributed by atoms with Gasteiger partial charge in [0.25, 0.3) is 0 Å². The molecule has 1 N–H and O–H groups in total. The maximum Gasteiger partial charge on any atom is 0.417 e. The summed E-state index contributed by atoms with van der Waals surface area (Å²) in [6.45, 7) is 1.31. The number of pyridine rings is 1. The van der Waals surface area contributed by atoms with Gasteiger partial charge in [0.15, 0.2) is 0 Å². The highest BCUT2D eigenvalue weighted by atomic mass is 35.5. The summed E-state index contributed by atoms with van der Waals surface area (Å²) < 4.78 is 39.2. The SMILES string of the molecule is FC(F)(F)c1cnc(NCCCn2ccnc2)c(Cl)c1. The van der Waals surface area contributed by atoms with E-state index in [-0.39, 0.29) is 10.8 Å². The Morgan fingerprint density at radius 1 is 1.35 bits per heavy atom. The minimum absolute atomic E-state index is 0.0394. The zero-order valence-electron chi connectivity index (χ0n) is 10.4. The van der Waals surface area contributed by atoms with Crippen molar-refractivity contribution >= 4 is 17.4 Å². The molecule has 2 heterocycles. The molecule has 2 rings (SSSR count). The second-order valence-electron chi connectivity index (χ2n) is 4.13. The molecule has 0 radical (unpaired) electrons. The fraction of sp³-hybridized carbons (Fsp3) is 0.333. The molecule has 8 heteroatoms. The summed E-state index contributed by atoms with van der Waals surface area (Å²) >= 11 is 5.77. The Balaban J connectivity index is 1.87. The molecule has 0 aliphatic carbocycles. The van der Waals surface area contributed by atoms with Gasteiger partial charge < -0.3 is 9.88 Å². The van der Waals surface area contributed by atoms with Crippen LogP contribution in [0.1, 0.15) is 12.0 Å². The highest BCUT2D eigenvalue weighted by Gasteiger charge is 2.31. The second-order valence-corrected chi connectivity index (χ2v) is 4.54. The van der Waals surface area contributed by atoms with Gasteiger partial charge in [-0.1, -0.05) is 11.6 Å². The Morgan fingerprint density at radius 3 is 2.75 bits per heavy atom. The molecular weight excluding hydrogens is 293 g/mol. The van der Waals surface area contributed by atoms with Gasteiger partial charge in [-0.3, -0.25) is 0 Å². The number of hydrogen-bond acceptors (Lipinski definition) is 3. The van der Waals surface area contributed by atoms with E-state index in [9.17, 15) is 13.2 Å². The van der Waals surface area contributed by atoms with E-state index in [0.717, 1.165) is 25.2 Å². The molecule has 0 bridgehead atoms. The van der Waals surface area contributed by atoms with Crippen LogP contribution in [-0.4, -0.2) is 21.1 Å². The van der Waals surface area contributed by atoms with E-state index in [4.69, 9.17) is 11.6 Å². The first kappa shape index (κ1) is 14.6. The lowest BCUT2D eigenvalue weighted by Crippen LogP contribution is -2.10. The molecular formula is C12H12ClF3N4. The van der Waals surface area contributed by atoms with Crippen molar-refractivity contribution in [2.45, 2.75) is 19.1 Å². The number of rotatable bonds is 5. The molecule has 0 aliphatic heterocycles. The summed E-state index contributed by atoms with van der Waals surface area (Å²) in [5, 5.41) is 2.87. The van der Waals surface area contributed by atoms with E-state index in [2.05, 4.69) is 15.3 Å². The van der Waals surface area contributed by atoms with Crippen molar-refractivity contribution in [1.82, 2.24) is 14.5 Å². The first-order valence-corrected chi connectivity index (χ1v) is 6.27. The molecule has 0 aliphatic rings. The van der Waals surface area contributed by atoms with Crippen LogP contribution in [0.15, 0.2) is 31.0 Å². The Hall–Kier alpha value is -1.76. The number of aryl methyl sites for hydroxylation is 1. The van der Waals surface area contributed by atoms with Crippen LogP contribution in [0.4, 0.5) is 19.0 Å². The van der Waals surface area contributed by atoms with Gasteiger partial charge in [0.1, 0.15) is 5.82 Å². The number of aromatic nitrogens is 3. The van der Waals surface area contributed by atoms with Crippen LogP contribution >= 0.6 is 11.6 Å². The van der Waals surface area contributed by atoms with Crippen molar-refractivity contribution in [2.75, 3.05) is 11.9 Å². The Kier molecular flexibility index (Phi) is 4.49. The summed E-state index contributed by atoms with van der Waals surface area (Å²) in [5.41, 5.74) is -0.855. The monoisotopic (exact) mass is 304 g/mol. The highest BCUT2D eigenvalue weighted by Crippen LogP contribution is 2.32. The lowest BCUT2D eigenvalue weighted by Gasteiger charge is -2.10. The number of hydrogen-bond donors (Lipinski definition) is 1. The van der Waals surface area contributed by atoms with Crippen LogP contribution in [-0.2, 0) is 12.7 Å². The van der Waals surface area contributed by atoms with Crippen molar-refractivity contribution in [3.63, 3.8) is 0 Å². The molecule has 0 atom stereocenters. The van der Waals surface area contributed by atoms with Crippen molar-refractivity contribution in [3.05, 3.63) is 41.6 Å². The minimum atomic E-state index is -4.43. The van der Waals surface area contributed by atoms with Gasteiger partial charge in [-0.15, -0.1) is 0 Å². The van der Waals surface area contributed by atoms with Gasteiger partial charge in [0, 0.05) is 31.7 Å². The van der Waals surface area contributed by atoms with E-state index in [1.165, 1.54) is 0 Å². The fourth-order valence-corrected chi connectivity index (χ4v) is 1.84. The van der Waals surface area contributed by atoms with Crippen molar-refractivity contribution in [2.24, 2.45) is 0 Å². The van der Waals surface area contributed by atoms with Gasteiger partial charge in [-0.25, -0.2) is 9.97 Å². The first-order chi connectivity index (χ1) is 9.47. The maximum absolute atomic E-state index is 12.4. The van der Waals surface area contributed by atoms with E-state index in [1.807, 2.05) is 10.8 Å². The zero-order chi connectivity index (χ0) is 14.6.